The molecule has 0 fully saturated rings. The Bertz CT molecular complexity index is 936. The van der Waals surface area contributed by atoms with E-state index >= 15 is 0 Å². The van der Waals surface area contributed by atoms with Crippen molar-refractivity contribution in [2.45, 2.75) is 63.2 Å². The number of amides is 3. The van der Waals surface area contributed by atoms with Crippen LogP contribution in [0.5, 0.6) is 0 Å². The monoisotopic (exact) mass is 547 g/mol. The number of hydrogen-bond donors (Lipinski definition) is 3. The number of carbonyl (C=O) groups excluding carboxylic acids is 3. The SMILES string of the molecule is CN(CCC[C@H](NC(=O)[C@H](CCCc1ccccc1)[C@H](CCC(F)(F)F)N(O)C=O)C(N)=O)N=N[N+](=O)[O-]. The molecule has 3 atom stereocenters. The minimum Gasteiger partial charge on any atom is -0.368 e. The van der Waals surface area contributed by atoms with Crippen molar-refractivity contribution in [2.75, 3.05) is 13.6 Å². The first kappa shape index (κ1) is 32.2. The van der Waals surface area contributed by atoms with Gasteiger partial charge in [0, 0.05) is 13.5 Å². The van der Waals surface area contributed by atoms with Crippen LogP contribution in [0.2, 0.25) is 0 Å². The van der Waals surface area contributed by atoms with Crippen molar-refractivity contribution in [3.63, 3.8) is 0 Å². The average Bonchev–Trinajstić information content (AvgIpc) is 2.85. The van der Waals surface area contributed by atoms with Crippen LogP contribution in [0.4, 0.5) is 13.2 Å². The van der Waals surface area contributed by atoms with Gasteiger partial charge in [0.05, 0.1) is 23.5 Å². The number of halogens is 3. The van der Waals surface area contributed by atoms with Crippen molar-refractivity contribution < 1.29 is 37.8 Å². The van der Waals surface area contributed by atoms with Crippen LogP contribution in [0.1, 0.15) is 44.1 Å². The van der Waals surface area contributed by atoms with E-state index in [-0.39, 0.29) is 37.3 Å². The van der Waals surface area contributed by atoms with E-state index in [2.05, 4.69) is 15.8 Å². The third kappa shape index (κ3) is 12.9. The normalized spacial score (nSPS) is 13.9. The largest absolute Gasteiger partial charge is 0.389 e. The summed E-state index contributed by atoms with van der Waals surface area (Å²) in [6.45, 7) is 0.112. The van der Waals surface area contributed by atoms with E-state index in [1.807, 2.05) is 18.2 Å². The van der Waals surface area contributed by atoms with Crippen molar-refractivity contribution >= 4 is 18.2 Å². The Morgan fingerprint density at radius 2 is 1.87 bits per heavy atom. The standard InChI is InChI=1S/C22H32F3N7O6/c1-30(28-29-32(37)38)14-6-11-18(20(26)34)27-21(35)17(10-5-9-16-7-3-2-4-8-16)19(31(36)15-33)12-13-22(23,24)25/h2-4,7-8,15,17-19,36H,5-6,9-14H2,1H3,(H2,26,34)(H,27,35)/t17-,18+,19+/m1/s1. The molecule has 13 nitrogen and oxygen atoms in total. The molecule has 0 heterocycles. The molecule has 16 heteroatoms. The Morgan fingerprint density at radius 3 is 2.42 bits per heavy atom. The van der Waals surface area contributed by atoms with Crippen molar-refractivity contribution in [3.05, 3.63) is 46.0 Å². The molecule has 0 aliphatic heterocycles. The fourth-order valence-corrected chi connectivity index (χ4v) is 3.81. The van der Waals surface area contributed by atoms with Gasteiger partial charge in [0.1, 0.15) is 6.04 Å². The van der Waals surface area contributed by atoms with Gasteiger partial charge in [-0.05, 0) is 44.1 Å². The molecule has 4 N–H and O–H groups in total. The molecule has 0 spiro atoms. The van der Waals surface area contributed by atoms with Crippen molar-refractivity contribution in [1.82, 2.24) is 15.4 Å². The van der Waals surface area contributed by atoms with Gasteiger partial charge in [-0.15, -0.1) is 0 Å². The molecule has 0 aromatic heterocycles. The smallest absolute Gasteiger partial charge is 0.368 e. The van der Waals surface area contributed by atoms with E-state index in [4.69, 9.17) is 5.73 Å². The maximum absolute atomic E-state index is 13.2. The highest BCUT2D eigenvalue weighted by atomic mass is 19.4. The predicted octanol–water partition coefficient (Wildman–Crippen LogP) is 2.43. The molecule has 212 valence electrons. The molecule has 1 aromatic rings. The summed E-state index contributed by atoms with van der Waals surface area (Å²) in [5, 5.41) is 28.9. The summed E-state index contributed by atoms with van der Waals surface area (Å²) in [5.74, 6) is -3.05. The number of rotatable bonds is 18. The molecule has 3 amide bonds. The van der Waals surface area contributed by atoms with Gasteiger partial charge in [-0.1, -0.05) is 30.3 Å². The van der Waals surface area contributed by atoms with Gasteiger partial charge >= 0.3 is 6.18 Å². The third-order valence-corrected chi connectivity index (χ3v) is 5.70. The minimum absolute atomic E-state index is 0.00362. The lowest BCUT2D eigenvalue weighted by atomic mass is 9.88. The van der Waals surface area contributed by atoms with Crippen LogP contribution < -0.4 is 11.1 Å². The summed E-state index contributed by atoms with van der Waals surface area (Å²) in [6.07, 6.45) is -5.76. The fourth-order valence-electron chi connectivity index (χ4n) is 3.81. The van der Waals surface area contributed by atoms with E-state index in [0.717, 1.165) is 10.6 Å². The molecular formula is C22H32F3N7O6. The second-order valence-corrected chi connectivity index (χ2v) is 8.59. The van der Waals surface area contributed by atoms with Crippen LogP contribution in [0.3, 0.4) is 0 Å². The fraction of sp³-hybridized carbons (Fsp3) is 0.591. The Morgan fingerprint density at radius 1 is 1.21 bits per heavy atom. The number of hydrogen-bond acceptors (Lipinski definition) is 7. The highest BCUT2D eigenvalue weighted by molar-refractivity contribution is 5.88. The summed E-state index contributed by atoms with van der Waals surface area (Å²) in [6, 6.07) is 6.37. The van der Waals surface area contributed by atoms with Gasteiger partial charge < -0.3 is 21.2 Å². The van der Waals surface area contributed by atoms with Crippen LogP contribution >= 0.6 is 0 Å². The molecule has 0 unspecified atom stereocenters. The van der Waals surface area contributed by atoms with E-state index in [9.17, 15) is 42.9 Å². The van der Waals surface area contributed by atoms with Crippen LogP contribution in [0, 0.1) is 16.0 Å². The average molecular weight is 548 g/mol. The van der Waals surface area contributed by atoms with Gasteiger partial charge in [0.25, 0.3) is 0 Å². The molecule has 1 rings (SSSR count). The number of benzene rings is 1. The van der Waals surface area contributed by atoms with Crippen molar-refractivity contribution in [3.8, 4) is 0 Å². The Hall–Kier alpha value is -3.82. The van der Waals surface area contributed by atoms with Crippen molar-refractivity contribution in [1.29, 1.82) is 0 Å². The number of nitrogens with two attached hydrogens (primary N) is 1. The van der Waals surface area contributed by atoms with Crippen LogP contribution in [0.15, 0.2) is 40.8 Å². The number of alkyl halides is 3. The topological polar surface area (TPSA) is 184 Å². The highest BCUT2D eigenvalue weighted by Crippen LogP contribution is 2.28. The Kier molecular flexibility index (Phi) is 13.7. The number of carbonyl (C=O) groups is 3. The number of nitrogens with one attached hydrogen (secondary N) is 1. The summed E-state index contributed by atoms with van der Waals surface area (Å²) in [4.78, 5) is 46.6. The first-order chi connectivity index (χ1) is 17.8. The van der Waals surface area contributed by atoms with E-state index in [1.54, 1.807) is 12.1 Å². The maximum Gasteiger partial charge on any atom is 0.389 e. The number of nitrogens with zero attached hydrogens (tertiary/aromatic N) is 5. The van der Waals surface area contributed by atoms with E-state index < -0.39 is 53.9 Å². The Labute approximate surface area is 216 Å². The quantitative estimate of drug-likeness (QED) is 0.0828. The van der Waals surface area contributed by atoms with Gasteiger partial charge in [-0.2, -0.15) is 18.2 Å². The zero-order chi connectivity index (χ0) is 28.7. The number of hydroxylamine groups is 2. The molecule has 0 radical (unpaired) electrons. The number of primary amides is 1. The number of nitro groups is 1. The predicted molar refractivity (Wildman–Crippen MR) is 126 cm³/mol. The molecule has 0 saturated heterocycles. The molecule has 0 saturated carbocycles. The lowest BCUT2D eigenvalue weighted by Gasteiger charge is -2.31. The zero-order valence-corrected chi connectivity index (χ0v) is 20.8. The maximum atomic E-state index is 13.2. The van der Waals surface area contributed by atoms with E-state index in [1.165, 1.54) is 7.05 Å². The molecule has 0 aliphatic carbocycles. The van der Waals surface area contributed by atoms with Gasteiger partial charge in [-0.3, -0.25) is 19.6 Å². The highest BCUT2D eigenvalue weighted by Gasteiger charge is 2.37. The minimum atomic E-state index is -4.60. The second-order valence-electron chi connectivity index (χ2n) is 8.59. The van der Waals surface area contributed by atoms with Gasteiger partial charge in [0.2, 0.25) is 23.4 Å². The molecule has 1 aromatic carbocycles. The Balaban J connectivity index is 3.00. The molecule has 38 heavy (non-hydrogen) atoms. The first-order valence-electron chi connectivity index (χ1n) is 11.7. The summed E-state index contributed by atoms with van der Waals surface area (Å²) >= 11 is 0. The summed E-state index contributed by atoms with van der Waals surface area (Å²) in [7, 11) is 1.40. The summed E-state index contributed by atoms with van der Waals surface area (Å²) < 4.78 is 38.8. The lowest BCUT2D eigenvalue weighted by Crippen LogP contribution is -2.51. The third-order valence-electron chi connectivity index (χ3n) is 5.70. The zero-order valence-electron chi connectivity index (χ0n) is 20.8. The van der Waals surface area contributed by atoms with E-state index in [0.29, 0.717) is 12.8 Å². The summed E-state index contributed by atoms with van der Waals surface area (Å²) in [5.41, 5.74) is 6.31. The lowest BCUT2D eigenvalue weighted by molar-refractivity contribution is -0.496. The molecule has 0 aliphatic rings. The van der Waals surface area contributed by atoms with Crippen molar-refractivity contribution in [2.24, 2.45) is 22.1 Å². The second kappa shape index (κ2) is 16.1. The van der Waals surface area contributed by atoms with Crippen LogP contribution in [-0.4, -0.2) is 70.4 Å². The van der Waals surface area contributed by atoms with Gasteiger partial charge in [0.15, 0.2) is 5.22 Å². The van der Waals surface area contributed by atoms with Gasteiger partial charge in [-0.25, -0.2) is 5.06 Å². The van der Waals surface area contributed by atoms with Crippen LogP contribution in [-0.2, 0) is 20.8 Å². The first-order valence-corrected chi connectivity index (χ1v) is 11.7. The van der Waals surface area contributed by atoms with Crippen LogP contribution in [0.25, 0.3) is 0 Å². The number of aryl methyl sites for hydroxylation is 1. The molecular weight excluding hydrogens is 515 g/mol. The molecule has 0 bridgehead atoms.